The van der Waals surface area contributed by atoms with Gasteiger partial charge in [-0.25, -0.2) is 4.79 Å². The summed E-state index contributed by atoms with van der Waals surface area (Å²) in [5.74, 6) is -3.14. The highest BCUT2D eigenvalue weighted by Crippen LogP contribution is 2.12. The molecule has 0 bridgehead atoms. The summed E-state index contributed by atoms with van der Waals surface area (Å²) in [6.07, 6.45) is 0.990. The highest BCUT2D eigenvalue weighted by Gasteiger charge is 2.32. The van der Waals surface area contributed by atoms with Gasteiger partial charge in [0.25, 0.3) is 0 Å². The van der Waals surface area contributed by atoms with Gasteiger partial charge in [-0.2, -0.15) is 12.6 Å². The number of carboxylic acids is 1. The zero-order valence-electron chi connectivity index (χ0n) is 20.7. The molecule has 0 saturated heterocycles. The van der Waals surface area contributed by atoms with E-state index in [4.69, 9.17) is 5.73 Å². The Kier molecular flexibility index (Phi) is 12.6. The van der Waals surface area contributed by atoms with Crippen molar-refractivity contribution in [3.8, 4) is 5.75 Å². The van der Waals surface area contributed by atoms with Crippen molar-refractivity contribution in [3.63, 3.8) is 0 Å². The molecule has 0 radical (unpaired) electrons. The molecule has 0 aromatic heterocycles. The van der Waals surface area contributed by atoms with Crippen molar-refractivity contribution < 1.29 is 29.4 Å². The molecule has 0 fully saturated rings. The Hall–Kier alpha value is -2.79. The SMILES string of the molecule is CCC(C)C(NC(=O)C(CS)NC(=O)C(N)Cc1ccc(O)cc1)C(=O)NC(CC(C)C)C(=O)O. The molecule has 10 nitrogen and oxygen atoms in total. The van der Waals surface area contributed by atoms with Gasteiger partial charge in [-0.1, -0.05) is 46.2 Å². The quantitative estimate of drug-likeness (QED) is 0.182. The minimum atomic E-state index is -1.15. The van der Waals surface area contributed by atoms with Crippen LogP contribution < -0.4 is 21.7 Å². The molecule has 1 rings (SSSR count). The lowest BCUT2D eigenvalue weighted by atomic mass is 9.96. The molecule has 0 heterocycles. The Balaban J connectivity index is 2.86. The Morgan fingerprint density at radius 1 is 0.943 bits per heavy atom. The maximum atomic E-state index is 12.9. The smallest absolute Gasteiger partial charge is 0.326 e. The Bertz CT molecular complexity index is 864. The number of nitrogens with two attached hydrogens (primary N) is 1. The van der Waals surface area contributed by atoms with Gasteiger partial charge in [-0.3, -0.25) is 14.4 Å². The molecule has 7 N–H and O–H groups in total. The van der Waals surface area contributed by atoms with Crippen LogP contribution in [0.25, 0.3) is 0 Å². The first-order valence-corrected chi connectivity index (χ1v) is 12.3. The molecule has 196 valence electrons. The lowest BCUT2D eigenvalue weighted by Gasteiger charge is -2.28. The number of carbonyl (C=O) groups is 4. The summed E-state index contributed by atoms with van der Waals surface area (Å²) in [6, 6.07) is 2.18. The predicted molar refractivity (Wildman–Crippen MR) is 136 cm³/mol. The lowest BCUT2D eigenvalue weighted by molar-refractivity contribution is -0.143. The number of carboxylic acid groups (broad SMARTS) is 1. The summed E-state index contributed by atoms with van der Waals surface area (Å²) in [6.45, 7) is 7.31. The second-order valence-electron chi connectivity index (χ2n) is 9.12. The maximum absolute atomic E-state index is 12.9. The topological polar surface area (TPSA) is 171 Å². The zero-order chi connectivity index (χ0) is 26.7. The van der Waals surface area contributed by atoms with Gasteiger partial charge in [0.05, 0.1) is 6.04 Å². The summed E-state index contributed by atoms with van der Waals surface area (Å²) in [5, 5.41) is 26.5. The van der Waals surface area contributed by atoms with Crippen LogP contribution in [0.3, 0.4) is 0 Å². The van der Waals surface area contributed by atoms with E-state index < -0.39 is 47.9 Å². The summed E-state index contributed by atoms with van der Waals surface area (Å²) < 4.78 is 0. The number of phenols is 1. The summed E-state index contributed by atoms with van der Waals surface area (Å²) in [5.41, 5.74) is 6.72. The summed E-state index contributed by atoms with van der Waals surface area (Å²) in [7, 11) is 0. The third-order valence-electron chi connectivity index (χ3n) is 5.66. The third-order valence-corrected chi connectivity index (χ3v) is 6.02. The summed E-state index contributed by atoms with van der Waals surface area (Å²) >= 11 is 4.15. The molecule has 0 aliphatic heterocycles. The van der Waals surface area contributed by atoms with E-state index in [1.807, 2.05) is 20.8 Å². The highest BCUT2D eigenvalue weighted by atomic mass is 32.1. The lowest BCUT2D eigenvalue weighted by Crippen LogP contribution is -2.59. The number of hydrogen-bond donors (Lipinski definition) is 7. The number of aromatic hydroxyl groups is 1. The van der Waals surface area contributed by atoms with Gasteiger partial charge in [0.2, 0.25) is 17.7 Å². The largest absolute Gasteiger partial charge is 0.508 e. The van der Waals surface area contributed by atoms with Crippen LogP contribution in [0.1, 0.15) is 46.1 Å². The number of rotatable bonds is 14. The van der Waals surface area contributed by atoms with Crippen LogP contribution in [-0.2, 0) is 25.6 Å². The highest BCUT2D eigenvalue weighted by molar-refractivity contribution is 7.80. The van der Waals surface area contributed by atoms with E-state index >= 15 is 0 Å². The van der Waals surface area contributed by atoms with Crippen molar-refractivity contribution in [1.82, 2.24) is 16.0 Å². The first kappa shape index (κ1) is 30.2. The van der Waals surface area contributed by atoms with Crippen molar-refractivity contribution in [3.05, 3.63) is 29.8 Å². The molecule has 0 aliphatic carbocycles. The van der Waals surface area contributed by atoms with Crippen molar-refractivity contribution in [2.24, 2.45) is 17.6 Å². The number of nitrogens with one attached hydrogen (secondary N) is 3. The van der Waals surface area contributed by atoms with E-state index in [9.17, 15) is 29.4 Å². The number of amides is 3. The van der Waals surface area contributed by atoms with E-state index in [-0.39, 0.29) is 36.2 Å². The third kappa shape index (κ3) is 10.2. The van der Waals surface area contributed by atoms with E-state index in [0.29, 0.717) is 6.42 Å². The van der Waals surface area contributed by atoms with Gasteiger partial charge in [0, 0.05) is 5.75 Å². The Morgan fingerprint density at radius 2 is 1.51 bits per heavy atom. The monoisotopic (exact) mass is 510 g/mol. The van der Waals surface area contributed by atoms with Crippen molar-refractivity contribution in [2.75, 3.05) is 5.75 Å². The molecule has 3 amide bonds. The normalized spacial score (nSPS) is 15.4. The number of thiol groups is 1. The van der Waals surface area contributed by atoms with Crippen LogP contribution in [0.15, 0.2) is 24.3 Å². The minimum Gasteiger partial charge on any atom is -0.508 e. The second kappa shape index (κ2) is 14.6. The van der Waals surface area contributed by atoms with E-state index in [0.717, 1.165) is 5.56 Å². The van der Waals surface area contributed by atoms with Gasteiger partial charge in [0.1, 0.15) is 23.9 Å². The van der Waals surface area contributed by atoms with Gasteiger partial charge in [-0.15, -0.1) is 0 Å². The first-order valence-electron chi connectivity index (χ1n) is 11.7. The fourth-order valence-electron chi connectivity index (χ4n) is 3.36. The maximum Gasteiger partial charge on any atom is 0.326 e. The Morgan fingerprint density at radius 3 is 2.00 bits per heavy atom. The fourth-order valence-corrected chi connectivity index (χ4v) is 3.62. The standard InChI is InChI=1S/C24H38N4O6S/c1-5-14(4)20(23(32)26-18(24(33)34)10-13(2)3)28-22(31)19(12-35)27-21(30)17(25)11-15-6-8-16(29)9-7-15/h6-9,13-14,17-20,29,35H,5,10-12,25H2,1-4H3,(H,26,32)(H,27,30)(H,28,31)(H,33,34). The fraction of sp³-hybridized carbons (Fsp3) is 0.583. The predicted octanol–water partition coefficient (Wildman–Crippen LogP) is 0.823. The molecular formula is C24H38N4O6S. The molecule has 5 unspecified atom stereocenters. The number of aliphatic carboxylic acids is 1. The van der Waals surface area contributed by atoms with Crippen LogP contribution in [0.4, 0.5) is 0 Å². The molecule has 11 heteroatoms. The van der Waals surface area contributed by atoms with Gasteiger partial charge in [-0.05, 0) is 42.4 Å². The Labute approximate surface area is 211 Å². The van der Waals surface area contributed by atoms with Crippen LogP contribution >= 0.6 is 12.6 Å². The molecule has 1 aromatic carbocycles. The minimum absolute atomic E-state index is 0.0382. The van der Waals surface area contributed by atoms with E-state index in [2.05, 4.69) is 28.6 Å². The number of carbonyl (C=O) groups excluding carboxylic acids is 3. The van der Waals surface area contributed by atoms with E-state index in [1.165, 1.54) is 12.1 Å². The van der Waals surface area contributed by atoms with Gasteiger partial charge < -0.3 is 31.9 Å². The van der Waals surface area contributed by atoms with Gasteiger partial charge in [0.15, 0.2) is 0 Å². The second-order valence-corrected chi connectivity index (χ2v) is 9.49. The van der Waals surface area contributed by atoms with Crippen LogP contribution in [0.2, 0.25) is 0 Å². The summed E-state index contributed by atoms with van der Waals surface area (Å²) in [4.78, 5) is 50.0. The molecule has 1 aromatic rings. The average molecular weight is 511 g/mol. The van der Waals surface area contributed by atoms with Gasteiger partial charge >= 0.3 is 5.97 Å². The first-order chi connectivity index (χ1) is 16.4. The molecule has 0 spiro atoms. The van der Waals surface area contributed by atoms with Crippen molar-refractivity contribution in [1.29, 1.82) is 0 Å². The van der Waals surface area contributed by atoms with Crippen LogP contribution in [0.5, 0.6) is 5.75 Å². The van der Waals surface area contributed by atoms with E-state index in [1.54, 1.807) is 19.1 Å². The van der Waals surface area contributed by atoms with Crippen molar-refractivity contribution in [2.45, 2.75) is 71.1 Å². The average Bonchev–Trinajstić information content (AvgIpc) is 2.80. The zero-order valence-corrected chi connectivity index (χ0v) is 21.5. The molecule has 5 atom stereocenters. The molecular weight excluding hydrogens is 472 g/mol. The number of hydrogen-bond acceptors (Lipinski definition) is 7. The molecule has 35 heavy (non-hydrogen) atoms. The van der Waals surface area contributed by atoms with Crippen LogP contribution in [-0.4, -0.2) is 63.8 Å². The molecule has 0 saturated carbocycles. The molecule has 0 aliphatic rings. The van der Waals surface area contributed by atoms with Crippen molar-refractivity contribution >= 4 is 36.3 Å². The number of phenolic OH excluding ortho intramolecular Hbond substituents is 1. The number of benzene rings is 1. The van der Waals surface area contributed by atoms with Crippen LogP contribution in [0, 0.1) is 11.8 Å².